The van der Waals surface area contributed by atoms with Gasteiger partial charge in [0.05, 0.1) is 29.3 Å². The molecule has 0 aliphatic heterocycles. The number of benzene rings is 1. The number of halogens is 1. The number of aryl methyl sites for hydroxylation is 1. The summed E-state index contributed by atoms with van der Waals surface area (Å²) in [5.74, 6) is -0.421. The van der Waals surface area contributed by atoms with Crippen LogP contribution < -0.4 is 10.6 Å². The molecule has 4 rings (SSSR count). The number of fused-ring (bicyclic) bond motifs is 1. The number of aromatic nitrogens is 2. The normalized spacial score (nSPS) is 10.9. The van der Waals surface area contributed by atoms with Crippen LogP contribution in [0.4, 0.5) is 4.39 Å². The molecule has 0 radical (unpaired) electrons. The molecule has 0 aliphatic rings. The number of hydrogen-bond donors (Lipinski definition) is 2. The zero-order valence-corrected chi connectivity index (χ0v) is 16.6. The Balaban J connectivity index is 1.39. The molecule has 4 aromatic rings. The molecule has 0 unspecified atom stereocenters. The number of rotatable bonds is 7. The van der Waals surface area contributed by atoms with Gasteiger partial charge in [0.1, 0.15) is 11.5 Å². The Morgan fingerprint density at radius 3 is 2.61 bits per heavy atom. The van der Waals surface area contributed by atoms with Crippen molar-refractivity contribution in [1.82, 2.24) is 20.8 Å². The van der Waals surface area contributed by atoms with Crippen molar-refractivity contribution < 1.29 is 22.9 Å². The summed E-state index contributed by atoms with van der Waals surface area (Å²) in [6.07, 6.45) is 1.65. The van der Waals surface area contributed by atoms with E-state index in [1.165, 1.54) is 18.4 Å². The highest BCUT2D eigenvalue weighted by atomic mass is 19.1. The van der Waals surface area contributed by atoms with Crippen molar-refractivity contribution in [2.45, 2.75) is 13.3 Å². The van der Waals surface area contributed by atoms with Crippen LogP contribution in [-0.2, 0) is 11.2 Å². The Hall–Kier alpha value is -4.01. The van der Waals surface area contributed by atoms with E-state index in [2.05, 4.69) is 20.8 Å². The molecule has 0 bridgehead atoms. The number of carbonyl (C=O) groups is 2. The average Bonchev–Trinajstić information content (AvgIpc) is 3.42. The Kier molecular flexibility index (Phi) is 5.74. The molecule has 0 saturated heterocycles. The molecule has 0 fully saturated rings. The van der Waals surface area contributed by atoms with E-state index in [0.717, 1.165) is 0 Å². The fourth-order valence-electron chi connectivity index (χ4n) is 3.15. The van der Waals surface area contributed by atoms with Crippen molar-refractivity contribution in [3.05, 3.63) is 71.4 Å². The summed E-state index contributed by atoms with van der Waals surface area (Å²) < 4.78 is 23.5. The number of amides is 2. The van der Waals surface area contributed by atoms with Crippen LogP contribution in [0.3, 0.4) is 0 Å². The maximum absolute atomic E-state index is 12.9. The van der Waals surface area contributed by atoms with Crippen molar-refractivity contribution in [1.29, 1.82) is 0 Å². The van der Waals surface area contributed by atoms with Gasteiger partial charge in [-0.05, 0) is 42.8 Å². The topological polar surface area (TPSA) is 110 Å². The number of furan rings is 1. The average molecular weight is 422 g/mol. The molecule has 3 aromatic heterocycles. The monoisotopic (exact) mass is 422 g/mol. The van der Waals surface area contributed by atoms with Crippen molar-refractivity contribution in [2.75, 3.05) is 13.1 Å². The van der Waals surface area contributed by atoms with Gasteiger partial charge in [-0.1, -0.05) is 17.3 Å². The lowest BCUT2D eigenvalue weighted by Gasteiger charge is -2.09. The molecule has 3 heterocycles. The van der Waals surface area contributed by atoms with Gasteiger partial charge in [-0.2, -0.15) is 0 Å². The zero-order chi connectivity index (χ0) is 21.8. The van der Waals surface area contributed by atoms with Crippen molar-refractivity contribution >= 4 is 22.9 Å². The van der Waals surface area contributed by atoms with Gasteiger partial charge in [-0.3, -0.25) is 9.59 Å². The van der Waals surface area contributed by atoms with E-state index in [0.29, 0.717) is 33.7 Å². The van der Waals surface area contributed by atoms with E-state index in [1.54, 1.807) is 37.3 Å². The van der Waals surface area contributed by atoms with Gasteiger partial charge in [0, 0.05) is 13.1 Å². The van der Waals surface area contributed by atoms with Crippen LogP contribution in [0.2, 0.25) is 0 Å². The molecule has 0 spiro atoms. The van der Waals surface area contributed by atoms with Crippen LogP contribution in [0.25, 0.3) is 22.6 Å². The highest BCUT2D eigenvalue weighted by Crippen LogP contribution is 2.27. The van der Waals surface area contributed by atoms with E-state index >= 15 is 0 Å². The van der Waals surface area contributed by atoms with Gasteiger partial charge in [-0.15, -0.1) is 0 Å². The summed E-state index contributed by atoms with van der Waals surface area (Å²) in [4.78, 5) is 29.2. The maximum Gasteiger partial charge on any atom is 0.259 e. The van der Waals surface area contributed by atoms with Gasteiger partial charge in [0.2, 0.25) is 5.91 Å². The standard InChI is InChI=1S/C22H19FN4O4/c1-13-20-16(12-17(18-3-2-10-30-18)26-22(20)31-27-13)21(29)25-9-8-24-19(28)11-14-4-6-15(23)7-5-14/h2-7,10,12H,8-9,11H2,1H3,(H,24,28)(H,25,29). The summed E-state index contributed by atoms with van der Waals surface area (Å²) in [7, 11) is 0. The van der Waals surface area contributed by atoms with Gasteiger partial charge in [0.25, 0.3) is 11.6 Å². The lowest BCUT2D eigenvalue weighted by molar-refractivity contribution is -0.120. The molecule has 158 valence electrons. The molecule has 0 aliphatic carbocycles. The fourth-order valence-corrected chi connectivity index (χ4v) is 3.15. The summed E-state index contributed by atoms with van der Waals surface area (Å²) >= 11 is 0. The Morgan fingerprint density at radius 1 is 1.10 bits per heavy atom. The minimum absolute atomic E-state index is 0.131. The summed E-state index contributed by atoms with van der Waals surface area (Å²) in [5.41, 5.74) is 2.30. The van der Waals surface area contributed by atoms with Gasteiger partial charge in [0.15, 0.2) is 5.76 Å². The van der Waals surface area contributed by atoms with Crippen molar-refractivity contribution in [2.24, 2.45) is 0 Å². The van der Waals surface area contributed by atoms with E-state index in [9.17, 15) is 14.0 Å². The van der Waals surface area contributed by atoms with Gasteiger partial charge >= 0.3 is 0 Å². The first kappa shape index (κ1) is 20.3. The molecule has 31 heavy (non-hydrogen) atoms. The lowest BCUT2D eigenvalue weighted by atomic mass is 10.1. The SMILES string of the molecule is Cc1noc2nc(-c3ccco3)cc(C(=O)NCCNC(=O)Cc3ccc(F)cc3)c12. The summed E-state index contributed by atoms with van der Waals surface area (Å²) in [5, 5.41) is 9.92. The van der Waals surface area contributed by atoms with Crippen LogP contribution in [0.5, 0.6) is 0 Å². The first-order chi connectivity index (χ1) is 15.0. The first-order valence-electron chi connectivity index (χ1n) is 9.61. The first-order valence-corrected chi connectivity index (χ1v) is 9.61. The molecular formula is C22H19FN4O4. The third kappa shape index (κ3) is 4.61. The van der Waals surface area contributed by atoms with Crippen molar-refractivity contribution in [3.63, 3.8) is 0 Å². The third-order valence-electron chi connectivity index (χ3n) is 4.65. The van der Waals surface area contributed by atoms with E-state index < -0.39 is 0 Å². The predicted octanol–water partition coefficient (Wildman–Crippen LogP) is 3.02. The smallest absolute Gasteiger partial charge is 0.259 e. The second-order valence-electron chi connectivity index (χ2n) is 6.89. The quantitative estimate of drug-likeness (QED) is 0.443. The van der Waals surface area contributed by atoms with Crippen LogP contribution in [0, 0.1) is 12.7 Å². The van der Waals surface area contributed by atoms with E-state index in [1.807, 2.05) is 0 Å². The van der Waals surface area contributed by atoms with Crippen LogP contribution in [0.15, 0.2) is 57.7 Å². The van der Waals surface area contributed by atoms with Crippen LogP contribution in [-0.4, -0.2) is 35.0 Å². The number of carbonyl (C=O) groups excluding carboxylic acids is 2. The summed E-state index contributed by atoms with van der Waals surface area (Å²) in [6, 6.07) is 10.8. The van der Waals surface area contributed by atoms with Crippen LogP contribution in [0.1, 0.15) is 21.6 Å². The number of nitrogens with zero attached hydrogens (tertiary/aromatic N) is 2. The second kappa shape index (κ2) is 8.78. The fraction of sp³-hybridized carbons (Fsp3) is 0.182. The van der Waals surface area contributed by atoms with Crippen LogP contribution >= 0.6 is 0 Å². The Morgan fingerprint density at radius 2 is 1.87 bits per heavy atom. The van der Waals surface area contributed by atoms with Gasteiger partial charge < -0.3 is 19.6 Å². The second-order valence-corrected chi connectivity index (χ2v) is 6.89. The predicted molar refractivity (Wildman–Crippen MR) is 110 cm³/mol. The van der Waals surface area contributed by atoms with Gasteiger partial charge in [-0.25, -0.2) is 9.37 Å². The maximum atomic E-state index is 12.9. The molecule has 8 nitrogen and oxygen atoms in total. The molecular weight excluding hydrogens is 403 g/mol. The Bertz CT molecular complexity index is 1220. The largest absolute Gasteiger partial charge is 0.463 e. The van der Waals surface area contributed by atoms with E-state index in [-0.39, 0.29) is 42.9 Å². The number of nitrogens with one attached hydrogen (secondary N) is 2. The van der Waals surface area contributed by atoms with E-state index in [4.69, 9.17) is 8.94 Å². The molecule has 2 N–H and O–H groups in total. The highest BCUT2D eigenvalue weighted by molar-refractivity contribution is 6.06. The number of pyridine rings is 1. The minimum Gasteiger partial charge on any atom is -0.463 e. The minimum atomic E-state index is -0.352. The lowest BCUT2D eigenvalue weighted by Crippen LogP contribution is -2.35. The molecule has 2 amide bonds. The molecule has 0 saturated carbocycles. The molecule has 9 heteroatoms. The highest BCUT2D eigenvalue weighted by Gasteiger charge is 2.20. The number of hydrogen-bond acceptors (Lipinski definition) is 6. The summed E-state index contributed by atoms with van der Waals surface area (Å²) in [6.45, 7) is 2.19. The molecule has 0 atom stereocenters. The molecule has 1 aromatic carbocycles. The third-order valence-corrected chi connectivity index (χ3v) is 4.65. The Labute approximate surface area is 176 Å². The van der Waals surface area contributed by atoms with Crippen molar-refractivity contribution in [3.8, 4) is 11.5 Å². The zero-order valence-electron chi connectivity index (χ0n) is 16.6.